The van der Waals surface area contributed by atoms with Crippen LogP contribution in [0.4, 0.5) is 10.2 Å². The summed E-state index contributed by atoms with van der Waals surface area (Å²) in [6.07, 6.45) is 0. The number of benzene rings is 1. The Morgan fingerprint density at radius 2 is 1.91 bits per heavy atom. The van der Waals surface area contributed by atoms with Crippen LogP contribution < -0.4 is 16.1 Å². The molecule has 0 unspecified atom stereocenters. The quantitative estimate of drug-likeness (QED) is 0.848. The van der Waals surface area contributed by atoms with Gasteiger partial charge in [0.25, 0.3) is 5.56 Å². The van der Waals surface area contributed by atoms with Crippen LogP contribution >= 0.6 is 0 Å². The Hall–Kier alpha value is -2.88. The van der Waals surface area contributed by atoms with Gasteiger partial charge in [-0.15, -0.1) is 0 Å². The van der Waals surface area contributed by atoms with Crippen molar-refractivity contribution in [3.05, 3.63) is 61.5 Å². The van der Waals surface area contributed by atoms with E-state index in [9.17, 15) is 19.2 Å². The van der Waals surface area contributed by atoms with Crippen molar-refractivity contribution in [1.82, 2.24) is 9.13 Å². The summed E-state index contributed by atoms with van der Waals surface area (Å²) >= 11 is 0. The number of aryl methyl sites for hydroxylation is 1. The van der Waals surface area contributed by atoms with Crippen molar-refractivity contribution in [2.45, 2.75) is 13.5 Å². The molecule has 1 aromatic heterocycles. The van der Waals surface area contributed by atoms with Crippen LogP contribution in [0, 0.1) is 24.1 Å². The minimum Gasteiger partial charge on any atom is -0.355 e. The lowest BCUT2D eigenvalue weighted by Crippen LogP contribution is -2.41. The highest BCUT2D eigenvalue weighted by Crippen LogP contribution is 2.17. The van der Waals surface area contributed by atoms with Crippen molar-refractivity contribution in [1.29, 1.82) is 5.26 Å². The molecule has 6 nitrogen and oxygen atoms in total. The highest BCUT2D eigenvalue weighted by atomic mass is 19.1. The second-order valence-corrected chi connectivity index (χ2v) is 5.46. The molecule has 0 radical (unpaired) electrons. The molecular weight excluding hydrogens is 299 g/mol. The van der Waals surface area contributed by atoms with E-state index in [1.54, 1.807) is 31.0 Å². The standard InChI is InChI=1S/C16H17FN4O2/c1-10-5-6-11(7-13(10)17)9-19(2)14-12(8-18)15(22)21(4)16(23)20(14)3/h5-7H,9H2,1-4H3. The molecule has 1 heterocycles. The van der Waals surface area contributed by atoms with Crippen LogP contribution in [-0.2, 0) is 20.6 Å². The minimum atomic E-state index is -0.646. The Balaban J connectivity index is 2.53. The molecule has 0 amide bonds. The first-order chi connectivity index (χ1) is 10.8. The number of aromatic nitrogens is 2. The van der Waals surface area contributed by atoms with Gasteiger partial charge >= 0.3 is 5.69 Å². The molecular formula is C16H17FN4O2. The molecule has 0 saturated heterocycles. The average Bonchev–Trinajstić information content (AvgIpc) is 2.52. The van der Waals surface area contributed by atoms with Crippen molar-refractivity contribution in [2.75, 3.05) is 11.9 Å². The van der Waals surface area contributed by atoms with Crippen molar-refractivity contribution >= 4 is 5.82 Å². The van der Waals surface area contributed by atoms with Crippen LogP contribution in [0.1, 0.15) is 16.7 Å². The molecule has 7 heteroatoms. The van der Waals surface area contributed by atoms with E-state index < -0.39 is 11.2 Å². The van der Waals surface area contributed by atoms with E-state index in [0.29, 0.717) is 11.1 Å². The molecule has 1 aromatic carbocycles. The zero-order chi connectivity index (χ0) is 17.3. The lowest BCUT2D eigenvalue weighted by molar-refractivity contribution is 0.615. The SMILES string of the molecule is Cc1ccc(CN(C)c2c(C#N)c(=O)n(C)c(=O)n2C)cc1F. The Bertz CT molecular complexity index is 921. The zero-order valence-corrected chi connectivity index (χ0v) is 13.4. The van der Waals surface area contributed by atoms with Gasteiger partial charge in [0.2, 0.25) is 0 Å². The van der Waals surface area contributed by atoms with Gasteiger partial charge in [-0.25, -0.2) is 9.18 Å². The van der Waals surface area contributed by atoms with E-state index in [-0.39, 0.29) is 23.7 Å². The molecule has 0 aliphatic heterocycles. The Kier molecular flexibility index (Phi) is 4.36. The molecule has 2 aromatic rings. The predicted molar refractivity (Wildman–Crippen MR) is 84.9 cm³/mol. The number of rotatable bonds is 3. The second-order valence-electron chi connectivity index (χ2n) is 5.46. The normalized spacial score (nSPS) is 10.4. The molecule has 0 saturated carbocycles. The molecule has 0 aliphatic carbocycles. The first-order valence-corrected chi connectivity index (χ1v) is 6.94. The maximum absolute atomic E-state index is 13.7. The van der Waals surface area contributed by atoms with Gasteiger partial charge in [0.05, 0.1) is 0 Å². The number of hydrogen-bond donors (Lipinski definition) is 0. The van der Waals surface area contributed by atoms with Gasteiger partial charge in [-0.05, 0) is 24.1 Å². The van der Waals surface area contributed by atoms with E-state index in [2.05, 4.69) is 0 Å². The van der Waals surface area contributed by atoms with Gasteiger partial charge in [0.1, 0.15) is 17.7 Å². The number of nitriles is 1. The Morgan fingerprint density at radius 3 is 2.48 bits per heavy atom. The maximum Gasteiger partial charge on any atom is 0.332 e. The van der Waals surface area contributed by atoms with Gasteiger partial charge in [0, 0.05) is 27.7 Å². The first-order valence-electron chi connectivity index (χ1n) is 6.94. The summed E-state index contributed by atoms with van der Waals surface area (Å²) in [6, 6.07) is 6.67. The summed E-state index contributed by atoms with van der Waals surface area (Å²) in [5.74, 6) is -0.115. The van der Waals surface area contributed by atoms with Gasteiger partial charge in [0.15, 0.2) is 5.56 Å². The predicted octanol–water partition coefficient (Wildman–Crippen LogP) is 1.04. The fourth-order valence-corrected chi connectivity index (χ4v) is 2.46. The summed E-state index contributed by atoms with van der Waals surface area (Å²) in [7, 11) is 4.46. The van der Waals surface area contributed by atoms with Crippen LogP contribution in [-0.4, -0.2) is 16.2 Å². The van der Waals surface area contributed by atoms with Gasteiger partial charge in [-0.3, -0.25) is 13.9 Å². The van der Waals surface area contributed by atoms with E-state index in [1.807, 2.05) is 6.07 Å². The Morgan fingerprint density at radius 1 is 1.26 bits per heavy atom. The molecule has 0 fully saturated rings. The minimum absolute atomic E-state index is 0.121. The third-order valence-electron chi connectivity index (χ3n) is 3.76. The smallest absolute Gasteiger partial charge is 0.332 e. The van der Waals surface area contributed by atoms with E-state index in [1.165, 1.54) is 24.7 Å². The van der Waals surface area contributed by atoms with E-state index in [4.69, 9.17) is 0 Å². The Labute approximate surface area is 132 Å². The van der Waals surface area contributed by atoms with Crippen LogP contribution in [0.2, 0.25) is 0 Å². The molecule has 0 atom stereocenters. The zero-order valence-electron chi connectivity index (χ0n) is 13.4. The number of anilines is 1. The topological polar surface area (TPSA) is 71.0 Å². The van der Waals surface area contributed by atoms with Gasteiger partial charge < -0.3 is 4.90 Å². The van der Waals surface area contributed by atoms with Crippen LogP contribution in [0.5, 0.6) is 0 Å². The number of halogens is 1. The highest BCUT2D eigenvalue weighted by Gasteiger charge is 2.19. The highest BCUT2D eigenvalue weighted by molar-refractivity contribution is 5.53. The van der Waals surface area contributed by atoms with Crippen LogP contribution in [0.25, 0.3) is 0 Å². The van der Waals surface area contributed by atoms with E-state index in [0.717, 1.165) is 4.57 Å². The number of nitrogens with zero attached hydrogens (tertiary/aromatic N) is 4. The first kappa shape index (κ1) is 16.5. The summed E-state index contributed by atoms with van der Waals surface area (Å²) in [5, 5.41) is 9.27. The molecule has 0 N–H and O–H groups in total. The van der Waals surface area contributed by atoms with Crippen molar-refractivity contribution in [3.63, 3.8) is 0 Å². The summed E-state index contributed by atoms with van der Waals surface area (Å²) in [6.45, 7) is 1.92. The van der Waals surface area contributed by atoms with Crippen molar-refractivity contribution in [3.8, 4) is 6.07 Å². The third kappa shape index (κ3) is 2.88. The molecule has 0 spiro atoms. The lowest BCUT2D eigenvalue weighted by Gasteiger charge is -2.23. The molecule has 0 bridgehead atoms. The molecule has 0 aliphatic rings. The maximum atomic E-state index is 13.7. The molecule has 120 valence electrons. The van der Waals surface area contributed by atoms with Gasteiger partial charge in [-0.1, -0.05) is 12.1 Å². The fourth-order valence-electron chi connectivity index (χ4n) is 2.46. The third-order valence-corrected chi connectivity index (χ3v) is 3.76. The van der Waals surface area contributed by atoms with Crippen LogP contribution in [0.15, 0.2) is 27.8 Å². The largest absolute Gasteiger partial charge is 0.355 e. The lowest BCUT2D eigenvalue weighted by atomic mass is 10.1. The van der Waals surface area contributed by atoms with Crippen molar-refractivity contribution < 1.29 is 4.39 Å². The monoisotopic (exact) mass is 316 g/mol. The van der Waals surface area contributed by atoms with Crippen molar-refractivity contribution in [2.24, 2.45) is 14.1 Å². The summed E-state index contributed by atoms with van der Waals surface area (Å²) < 4.78 is 15.8. The van der Waals surface area contributed by atoms with E-state index >= 15 is 0 Å². The average molecular weight is 316 g/mol. The number of hydrogen-bond acceptors (Lipinski definition) is 4. The summed E-state index contributed by atoms with van der Waals surface area (Å²) in [4.78, 5) is 25.7. The van der Waals surface area contributed by atoms with Gasteiger partial charge in [-0.2, -0.15) is 5.26 Å². The molecule has 23 heavy (non-hydrogen) atoms. The second kappa shape index (κ2) is 6.08. The fraction of sp³-hybridized carbons (Fsp3) is 0.312. The molecule has 2 rings (SSSR count). The van der Waals surface area contributed by atoms with Crippen LogP contribution in [0.3, 0.4) is 0 Å². The summed E-state index contributed by atoms with van der Waals surface area (Å²) in [5.41, 5.74) is -0.0779.